The Morgan fingerprint density at radius 1 is 1.06 bits per heavy atom. The summed E-state index contributed by atoms with van der Waals surface area (Å²) in [5.74, 6) is -0.749. The lowest BCUT2D eigenvalue weighted by Crippen LogP contribution is -2.49. The minimum Gasteiger partial charge on any atom is -0.368 e. The van der Waals surface area contributed by atoms with Gasteiger partial charge in [-0.1, -0.05) is 24.3 Å². The molecule has 2 aromatic carbocycles. The third-order valence-corrected chi connectivity index (χ3v) is 5.58. The van der Waals surface area contributed by atoms with Crippen LogP contribution in [0.25, 0.3) is 5.69 Å². The van der Waals surface area contributed by atoms with Crippen molar-refractivity contribution in [3.8, 4) is 5.69 Å². The molecule has 1 aliphatic rings. The van der Waals surface area contributed by atoms with Crippen molar-refractivity contribution in [1.82, 2.24) is 14.7 Å². The summed E-state index contributed by atoms with van der Waals surface area (Å²) in [7, 11) is 0. The van der Waals surface area contributed by atoms with Crippen molar-refractivity contribution in [2.24, 2.45) is 0 Å². The molecule has 0 saturated carbocycles. The number of amides is 1. The zero-order valence-corrected chi connectivity index (χ0v) is 17.6. The Hall–Kier alpha value is -3.89. The molecule has 0 bridgehead atoms. The largest absolute Gasteiger partial charge is 0.434 e. The molecule has 0 unspecified atom stereocenters. The number of hydrogen-bond acceptors (Lipinski definition) is 5. The molecule has 172 valence electrons. The second-order valence-corrected chi connectivity index (χ2v) is 7.66. The van der Waals surface area contributed by atoms with Gasteiger partial charge in [-0.25, -0.2) is 4.68 Å². The summed E-state index contributed by atoms with van der Waals surface area (Å²) in [4.78, 5) is 26.8. The second-order valence-electron chi connectivity index (χ2n) is 7.66. The number of halogens is 3. The molecular weight excluding hydrogens is 439 g/mol. The van der Waals surface area contributed by atoms with Crippen molar-refractivity contribution in [2.45, 2.75) is 13.1 Å². The first-order valence-corrected chi connectivity index (χ1v) is 10.2. The van der Waals surface area contributed by atoms with Crippen LogP contribution in [-0.2, 0) is 6.18 Å². The number of aryl methyl sites for hydroxylation is 1. The van der Waals surface area contributed by atoms with E-state index in [1.807, 2.05) is 4.90 Å². The number of hydrogen-bond donors (Lipinski definition) is 0. The van der Waals surface area contributed by atoms with Crippen molar-refractivity contribution in [1.29, 1.82) is 0 Å². The average molecular weight is 459 g/mol. The third kappa shape index (κ3) is 4.38. The molecule has 4 rings (SSSR count). The summed E-state index contributed by atoms with van der Waals surface area (Å²) < 4.78 is 42.7. The third-order valence-electron chi connectivity index (χ3n) is 5.58. The predicted molar refractivity (Wildman–Crippen MR) is 115 cm³/mol. The van der Waals surface area contributed by atoms with E-state index in [1.165, 1.54) is 23.1 Å². The molecule has 0 atom stereocenters. The molecular formula is C22H20F3N5O3. The Morgan fingerprint density at radius 3 is 2.39 bits per heavy atom. The van der Waals surface area contributed by atoms with Crippen molar-refractivity contribution >= 4 is 17.3 Å². The molecule has 2 heterocycles. The van der Waals surface area contributed by atoms with Gasteiger partial charge in [0.2, 0.25) is 0 Å². The van der Waals surface area contributed by atoms with E-state index in [-0.39, 0.29) is 24.5 Å². The Labute approximate surface area is 187 Å². The number of nitro groups is 1. The van der Waals surface area contributed by atoms with E-state index < -0.39 is 28.3 Å². The molecule has 0 N–H and O–H groups in total. The van der Waals surface area contributed by atoms with Gasteiger partial charge in [0.15, 0.2) is 5.69 Å². The molecule has 0 radical (unpaired) electrons. The van der Waals surface area contributed by atoms with Crippen LogP contribution in [0, 0.1) is 17.0 Å². The SMILES string of the molecule is Cc1ccccc1-n1ncc(C(=O)N2CCN(c3cccc([N+](=O)[O-])c3)CC2)c1C(F)(F)F. The lowest BCUT2D eigenvalue weighted by atomic mass is 10.1. The van der Waals surface area contributed by atoms with Gasteiger partial charge in [0.05, 0.1) is 22.4 Å². The fourth-order valence-electron chi connectivity index (χ4n) is 3.90. The first-order chi connectivity index (χ1) is 15.7. The number of benzene rings is 2. The first kappa shape index (κ1) is 22.3. The number of non-ortho nitro benzene ring substituents is 1. The van der Waals surface area contributed by atoms with E-state index in [1.54, 1.807) is 37.3 Å². The van der Waals surface area contributed by atoms with E-state index in [9.17, 15) is 28.1 Å². The molecule has 0 aliphatic carbocycles. The van der Waals surface area contributed by atoms with E-state index in [0.717, 1.165) is 10.9 Å². The zero-order chi connectivity index (χ0) is 23.8. The van der Waals surface area contributed by atoms with Gasteiger partial charge in [0, 0.05) is 44.0 Å². The number of para-hydroxylation sites is 1. The van der Waals surface area contributed by atoms with Gasteiger partial charge in [-0.05, 0) is 24.6 Å². The zero-order valence-electron chi connectivity index (χ0n) is 17.6. The lowest BCUT2D eigenvalue weighted by Gasteiger charge is -2.36. The number of carbonyl (C=O) groups excluding carboxylic acids is 1. The summed E-state index contributed by atoms with van der Waals surface area (Å²) >= 11 is 0. The van der Waals surface area contributed by atoms with Crippen LogP contribution in [0.5, 0.6) is 0 Å². The minimum atomic E-state index is -4.78. The maximum Gasteiger partial charge on any atom is 0.434 e. The van der Waals surface area contributed by atoms with E-state index in [4.69, 9.17) is 0 Å². The van der Waals surface area contributed by atoms with E-state index >= 15 is 0 Å². The number of nitro benzene ring substituents is 1. The van der Waals surface area contributed by atoms with Gasteiger partial charge in [0.25, 0.3) is 11.6 Å². The molecule has 1 aromatic heterocycles. The summed E-state index contributed by atoms with van der Waals surface area (Å²) in [5, 5.41) is 14.9. The second kappa shape index (κ2) is 8.57. The standard InChI is InChI=1S/C22H20F3N5O3/c1-15-5-2-3-8-19(15)29-20(22(23,24)25)18(14-26-29)21(31)28-11-9-27(10-12-28)16-6-4-7-17(13-16)30(32)33/h2-8,13-14H,9-12H2,1H3. The van der Waals surface area contributed by atoms with E-state index in [0.29, 0.717) is 24.3 Å². The average Bonchev–Trinajstić information content (AvgIpc) is 3.25. The van der Waals surface area contributed by atoms with Crippen LogP contribution in [0.2, 0.25) is 0 Å². The molecule has 3 aromatic rings. The number of anilines is 1. The summed E-state index contributed by atoms with van der Waals surface area (Å²) in [6, 6.07) is 12.6. The number of piperazine rings is 1. The number of carbonyl (C=O) groups is 1. The fourth-order valence-corrected chi connectivity index (χ4v) is 3.90. The van der Waals surface area contributed by atoms with Crippen LogP contribution in [-0.4, -0.2) is 51.7 Å². The number of aromatic nitrogens is 2. The maximum absolute atomic E-state index is 14.0. The quantitative estimate of drug-likeness (QED) is 0.434. The molecule has 1 saturated heterocycles. The van der Waals surface area contributed by atoms with Gasteiger partial charge >= 0.3 is 6.18 Å². The number of rotatable bonds is 4. The number of alkyl halides is 3. The first-order valence-electron chi connectivity index (χ1n) is 10.2. The molecule has 1 aliphatic heterocycles. The van der Waals surface area contributed by atoms with Crippen molar-refractivity contribution in [3.05, 3.63) is 81.7 Å². The summed E-state index contributed by atoms with van der Waals surface area (Å²) in [6.45, 7) is 2.69. The van der Waals surface area contributed by atoms with Gasteiger partial charge in [-0.15, -0.1) is 0 Å². The summed E-state index contributed by atoms with van der Waals surface area (Å²) in [5.41, 5.74) is -0.198. The van der Waals surface area contributed by atoms with Crippen LogP contribution in [0.4, 0.5) is 24.5 Å². The van der Waals surface area contributed by atoms with Crippen LogP contribution in [0.15, 0.2) is 54.7 Å². The van der Waals surface area contributed by atoms with Crippen LogP contribution < -0.4 is 4.90 Å². The van der Waals surface area contributed by atoms with Crippen molar-refractivity contribution < 1.29 is 22.9 Å². The normalized spacial score (nSPS) is 14.4. The number of nitrogens with zero attached hydrogens (tertiary/aromatic N) is 5. The van der Waals surface area contributed by atoms with Crippen molar-refractivity contribution in [3.63, 3.8) is 0 Å². The Kier molecular flexibility index (Phi) is 5.79. The molecule has 1 amide bonds. The predicted octanol–water partition coefficient (Wildman–Crippen LogP) is 4.07. The molecule has 33 heavy (non-hydrogen) atoms. The maximum atomic E-state index is 14.0. The van der Waals surface area contributed by atoms with Gasteiger partial charge in [-0.2, -0.15) is 18.3 Å². The molecule has 0 spiro atoms. The fraction of sp³-hybridized carbons (Fsp3) is 0.273. The minimum absolute atomic E-state index is 0.0514. The topological polar surface area (TPSA) is 84.5 Å². The summed E-state index contributed by atoms with van der Waals surface area (Å²) in [6.07, 6.45) is -3.82. The molecule has 1 fully saturated rings. The van der Waals surface area contributed by atoms with Crippen LogP contribution in [0.3, 0.4) is 0 Å². The van der Waals surface area contributed by atoms with Gasteiger partial charge in [-0.3, -0.25) is 14.9 Å². The lowest BCUT2D eigenvalue weighted by molar-refractivity contribution is -0.384. The van der Waals surface area contributed by atoms with Crippen LogP contribution >= 0.6 is 0 Å². The van der Waals surface area contributed by atoms with E-state index in [2.05, 4.69) is 5.10 Å². The monoisotopic (exact) mass is 459 g/mol. The van der Waals surface area contributed by atoms with Crippen molar-refractivity contribution in [2.75, 3.05) is 31.1 Å². The Morgan fingerprint density at radius 2 is 1.76 bits per heavy atom. The Bertz CT molecular complexity index is 1200. The van der Waals surface area contributed by atoms with Gasteiger partial charge in [0.1, 0.15) is 0 Å². The highest BCUT2D eigenvalue weighted by atomic mass is 19.4. The highest BCUT2D eigenvalue weighted by Gasteiger charge is 2.42. The van der Waals surface area contributed by atoms with Crippen LogP contribution in [0.1, 0.15) is 21.6 Å². The van der Waals surface area contributed by atoms with Gasteiger partial charge < -0.3 is 9.80 Å². The molecule has 11 heteroatoms. The molecule has 8 nitrogen and oxygen atoms in total. The highest BCUT2D eigenvalue weighted by Crippen LogP contribution is 2.35. The Balaban J connectivity index is 1.57. The smallest absolute Gasteiger partial charge is 0.368 e. The highest BCUT2D eigenvalue weighted by molar-refractivity contribution is 5.95.